The molecule has 0 aliphatic heterocycles. The highest BCUT2D eigenvalue weighted by molar-refractivity contribution is 5.81. The molecule has 0 saturated carbocycles. The molecular formula is C25H32N6O4. The molecule has 0 saturated heterocycles. The molecule has 35 heavy (non-hydrogen) atoms. The number of rotatable bonds is 7. The largest absolute Gasteiger partial charge is 0.465 e. The third-order valence-corrected chi connectivity index (χ3v) is 6.65. The Bertz CT molecular complexity index is 1250. The average Bonchev–Trinajstić information content (AvgIpc) is 3.38. The van der Waals surface area contributed by atoms with Gasteiger partial charge in [-0.2, -0.15) is 10.1 Å². The van der Waals surface area contributed by atoms with Gasteiger partial charge in [0, 0.05) is 30.4 Å². The first-order valence-electron chi connectivity index (χ1n) is 11.8. The number of hydrogen-bond donors (Lipinski definition) is 3. The lowest BCUT2D eigenvalue weighted by Crippen LogP contribution is -2.37. The number of carbonyl (C=O) groups is 2. The number of amides is 2. The van der Waals surface area contributed by atoms with Crippen molar-refractivity contribution in [3.05, 3.63) is 40.1 Å². The minimum atomic E-state index is -1.22. The molecule has 1 aliphatic rings. The van der Waals surface area contributed by atoms with Crippen molar-refractivity contribution in [2.45, 2.75) is 53.4 Å². The maximum absolute atomic E-state index is 11.7. The summed E-state index contributed by atoms with van der Waals surface area (Å²) in [5.41, 5.74) is 7.55. The van der Waals surface area contributed by atoms with Gasteiger partial charge in [-0.05, 0) is 73.8 Å². The van der Waals surface area contributed by atoms with Crippen LogP contribution >= 0.6 is 0 Å². The maximum atomic E-state index is 11.7. The fraction of sp³-hybridized carbons (Fsp3) is 0.480. The first kappa shape index (κ1) is 24.4. The second kappa shape index (κ2) is 9.52. The van der Waals surface area contributed by atoms with Crippen LogP contribution in [0.4, 0.5) is 4.79 Å². The molecule has 10 nitrogen and oxygen atoms in total. The predicted octanol–water partition coefficient (Wildman–Crippen LogP) is 3.20. The van der Waals surface area contributed by atoms with E-state index in [9.17, 15) is 9.59 Å². The average molecular weight is 481 g/mol. The predicted molar refractivity (Wildman–Crippen MR) is 130 cm³/mol. The van der Waals surface area contributed by atoms with Crippen molar-refractivity contribution < 1.29 is 19.2 Å². The summed E-state index contributed by atoms with van der Waals surface area (Å²) in [5, 5.41) is 22.3. The van der Waals surface area contributed by atoms with Crippen molar-refractivity contribution >= 4 is 12.0 Å². The van der Waals surface area contributed by atoms with E-state index in [0.717, 1.165) is 47.2 Å². The van der Waals surface area contributed by atoms with Crippen molar-refractivity contribution in [1.29, 1.82) is 0 Å². The second-order valence-corrected chi connectivity index (χ2v) is 10.0. The lowest BCUT2D eigenvalue weighted by atomic mass is 9.76. The summed E-state index contributed by atoms with van der Waals surface area (Å²) < 4.78 is 7.58. The van der Waals surface area contributed by atoms with E-state index in [4.69, 9.17) is 14.7 Å². The summed E-state index contributed by atoms with van der Waals surface area (Å²) in [6, 6.07) is 4.03. The van der Waals surface area contributed by atoms with Crippen LogP contribution in [0.5, 0.6) is 0 Å². The number of nitrogens with one attached hydrogen (secondary N) is 2. The first-order valence-corrected chi connectivity index (χ1v) is 11.8. The van der Waals surface area contributed by atoms with Crippen LogP contribution in [-0.2, 0) is 31.1 Å². The molecule has 1 aliphatic carbocycles. The number of nitrogens with zero attached hydrogens (tertiary/aromatic N) is 4. The van der Waals surface area contributed by atoms with Crippen LogP contribution in [0.2, 0.25) is 0 Å². The third kappa shape index (κ3) is 5.36. The number of carboxylic acid groups (broad SMARTS) is 1. The van der Waals surface area contributed by atoms with Gasteiger partial charge in [0.05, 0.1) is 6.54 Å². The fourth-order valence-corrected chi connectivity index (χ4v) is 4.76. The zero-order valence-electron chi connectivity index (χ0n) is 20.9. The van der Waals surface area contributed by atoms with Crippen molar-refractivity contribution in [1.82, 2.24) is 30.6 Å². The molecule has 2 heterocycles. The first-order chi connectivity index (χ1) is 16.5. The Kier molecular flexibility index (Phi) is 6.64. The molecular weight excluding hydrogens is 448 g/mol. The number of aryl methyl sites for hydroxylation is 3. The summed E-state index contributed by atoms with van der Waals surface area (Å²) in [6.07, 6.45) is 2.42. The van der Waals surface area contributed by atoms with Crippen LogP contribution in [0, 0.1) is 19.3 Å². The SMILES string of the molecule is Cc1cc(-c2noc(-c3nn(C)c4c3CCC(C)(C)C4)n2)cc(C)c1CCNC(=O)CNC(=O)O. The molecule has 3 aromatic rings. The topological polar surface area (TPSA) is 135 Å². The molecule has 0 fully saturated rings. The van der Waals surface area contributed by atoms with Crippen LogP contribution < -0.4 is 10.6 Å². The lowest BCUT2D eigenvalue weighted by molar-refractivity contribution is -0.120. The normalized spacial score (nSPS) is 14.4. The van der Waals surface area contributed by atoms with Gasteiger partial charge < -0.3 is 20.3 Å². The Morgan fingerprint density at radius 1 is 1.20 bits per heavy atom. The molecule has 4 rings (SSSR count). The van der Waals surface area contributed by atoms with Gasteiger partial charge in [-0.3, -0.25) is 9.48 Å². The van der Waals surface area contributed by atoms with E-state index in [-0.39, 0.29) is 17.9 Å². The molecule has 0 spiro atoms. The number of carbonyl (C=O) groups excluding carboxylic acids is 1. The molecule has 1 aromatic carbocycles. The Hall–Kier alpha value is -3.69. The highest BCUT2D eigenvalue weighted by Crippen LogP contribution is 2.38. The van der Waals surface area contributed by atoms with Crippen LogP contribution in [0.25, 0.3) is 23.0 Å². The second-order valence-electron chi connectivity index (χ2n) is 10.0. The number of aromatic nitrogens is 4. The number of benzene rings is 1. The van der Waals surface area contributed by atoms with Gasteiger partial charge in [-0.15, -0.1) is 0 Å². The van der Waals surface area contributed by atoms with E-state index < -0.39 is 6.09 Å². The Balaban J connectivity index is 1.49. The van der Waals surface area contributed by atoms with E-state index in [1.807, 2.05) is 37.7 Å². The van der Waals surface area contributed by atoms with Crippen LogP contribution in [-0.4, -0.2) is 50.1 Å². The van der Waals surface area contributed by atoms with E-state index in [1.54, 1.807) is 0 Å². The zero-order valence-corrected chi connectivity index (χ0v) is 20.9. The molecule has 0 unspecified atom stereocenters. The molecule has 0 bridgehead atoms. The Morgan fingerprint density at radius 3 is 2.60 bits per heavy atom. The van der Waals surface area contributed by atoms with Gasteiger partial charge >= 0.3 is 6.09 Å². The monoisotopic (exact) mass is 480 g/mol. The smallest absolute Gasteiger partial charge is 0.405 e. The summed E-state index contributed by atoms with van der Waals surface area (Å²) in [6.45, 7) is 8.74. The molecule has 186 valence electrons. The van der Waals surface area contributed by atoms with Crippen LogP contribution in [0.1, 0.15) is 48.2 Å². The van der Waals surface area contributed by atoms with E-state index in [0.29, 0.717) is 24.7 Å². The maximum Gasteiger partial charge on any atom is 0.405 e. The van der Waals surface area contributed by atoms with Crippen molar-refractivity contribution in [2.75, 3.05) is 13.1 Å². The van der Waals surface area contributed by atoms with Gasteiger partial charge in [0.2, 0.25) is 11.7 Å². The van der Waals surface area contributed by atoms with Gasteiger partial charge in [0.1, 0.15) is 0 Å². The van der Waals surface area contributed by atoms with Gasteiger partial charge in [0.25, 0.3) is 5.89 Å². The zero-order chi connectivity index (χ0) is 25.3. The van der Waals surface area contributed by atoms with Crippen molar-refractivity contribution in [3.63, 3.8) is 0 Å². The molecule has 10 heteroatoms. The molecule has 2 aromatic heterocycles. The van der Waals surface area contributed by atoms with Gasteiger partial charge in [0.15, 0.2) is 5.69 Å². The van der Waals surface area contributed by atoms with Crippen molar-refractivity contribution in [3.8, 4) is 23.0 Å². The molecule has 0 radical (unpaired) electrons. The highest BCUT2D eigenvalue weighted by atomic mass is 16.5. The standard InChI is InChI=1S/C25H32N6O4/c1-14-10-16(11-15(2)17(14)7-9-26-20(32)13-27-24(33)34)22-28-23(35-30-22)21-18-6-8-25(3,4)12-19(18)31(5)29-21/h10-11,27H,6-9,12-13H2,1-5H3,(H,26,32)(H,33,34). The summed E-state index contributed by atoms with van der Waals surface area (Å²) in [5.74, 6) is 0.592. The van der Waals surface area contributed by atoms with Crippen molar-refractivity contribution in [2.24, 2.45) is 12.5 Å². The molecule has 3 N–H and O–H groups in total. The quantitative estimate of drug-likeness (QED) is 0.472. The van der Waals surface area contributed by atoms with E-state index >= 15 is 0 Å². The summed E-state index contributed by atoms with van der Waals surface area (Å²) in [4.78, 5) is 26.9. The van der Waals surface area contributed by atoms with Gasteiger partial charge in [-0.25, -0.2) is 4.79 Å². The number of fused-ring (bicyclic) bond motifs is 1. The van der Waals surface area contributed by atoms with Crippen LogP contribution in [0.3, 0.4) is 0 Å². The Morgan fingerprint density at radius 2 is 1.91 bits per heavy atom. The minimum absolute atomic E-state index is 0.257. The third-order valence-electron chi connectivity index (χ3n) is 6.65. The minimum Gasteiger partial charge on any atom is -0.465 e. The van der Waals surface area contributed by atoms with E-state index in [1.165, 1.54) is 11.3 Å². The lowest BCUT2D eigenvalue weighted by Gasteiger charge is -2.29. The Labute approximate surface area is 204 Å². The molecule has 2 amide bonds. The van der Waals surface area contributed by atoms with E-state index in [2.05, 4.69) is 34.6 Å². The number of hydrogen-bond acceptors (Lipinski definition) is 6. The summed E-state index contributed by atoms with van der Waals surface area (Å²) >= 11 is 0. The van der Waals surface area contributed by atoms with Gasteiger partial charge in [-0.1, -0.05) is 19.0 Å². The molecule has 0 atom stereocenters. The fourth-order valence-electron chi connectivity index (χ4n) is 4.76. The highest BCUT2D eigenvalue weighted by Gasteiger charge is 2.32. The summed E-state index contributed by atoms with van der Waals surface area (Å²) in [7, 11) is 1.97. The van der Waals surface area contributed by atoms with Crippen LogP contribution in [0.15, 0.2) is 16.7 Å².